The fraction of sp³-hybridized carbons (Fsp3) is 0.618. The molecule has 0 bridgehead atoms. The summed E-state index contributed by atoms with van der Waals surface area (Å²) in [4.78, 5) is 94.5. The molecule has 2 aromatic carbocycles. The van der Waals surface area contributed by atoms with E-state index in [1.54, 1.807) is 70.8 Å². The largest absolute Gasteiger partial charge is 0.352 e. The van der Waals surface area contributed by atoms with Crippen molar-refractivity contribution in [3.05, 3.63) is 94.9 Å². The fourth-order valence-electron chi connectivity index (χ4n) is 13.6. The molecule has 6 N–H and O–H groups in total. The second kappa shape index (κ2) is 33.1. The van der Waals surface area contributed by atoms with E-state index in [1.807, 2.05) is 22.1 Å². The van der Waals surface area contributed by atoms with Crippen LogP contribution < -0.4 is 31.9 Å². The standard InChI is InChI=1S/C68H96F2N10O6/c1-45(71-3)63(81)77-61(47-23-15-13-16-24-47)67(85)79-35-21-27-59(79)53-37-51(41-73-43-53)49-29-31-57(69)55(39-49)65(83)75-33-19-11-9-7-5-6-8-10-12-20-34-76-66(84)56-40-50(30-32-58(56)70)52-38-54(44-74-42-52)60-28-22-36-80(60)68(86)62(48-25-17-14-18-26-48)78-64(82)46(2)72-4/h29-32,37,39-48,54,59-62,71-72H,5-28,33-36,38H2,1-4H3,(H,75,83)(H,76,84)(H,77,81)(H,78,82)/t45-,46-,54?,59-,60-,61-,62-/m0/s1. The van der Waals surface area contributed by atoms with Crippen LogP contribution in [0.25, 0.3) is 16.7 Å². The van der Waals surface area contributed by atoms with Crippen molar-refractivity contribution in [3.63, 3.8) is 0 Å². The average Bonchev–Trinajstić information content (AvgIpc) is 2.35. The van der Waals surface area contributed by atoms with Gasteiger partial charge in [-0.1, -0.05) is 102 Å². The number of carbonyl (C=O) groups is 6. The van der Waals surface area contributed by atoms with Crippen LogP contribution in [0.2, 0.25) is 0 Å². The van der Waals surface area contributed by atoms with Crippen LogP contribution in [0.4, 0.5) is 8.78 Å². The molecule has 5 aliphatic rings. The molecule has 86 heavy (non-hydrogen) atoms. The number of rotatable bonds is 29. The average molecular weight is 1190 g/mol. The molecule has 8 rings (SSSR count). The summed E-state index contributed by atoms with van der Waals surface area (Å²) in [5.74, 6) is -2.38. The maximum absolute atomic E-state index is 15.2. The molecule has 18 heteroatoms. The van der Waals surface area contributed by atoms with E-state index < -0.39 is 47.6 Å². The summed E-state index contributed by atoms with van der Waals surface area (Å²) < 4.78 is 30.4. The first kappa shape index (κ1) is 65.6. The van der Waals surface area contributed by atoms with Gasteiger partial charge in [-0.25, -0.2) is 8.78 Å². The number of likely N-dealkylation sites (N-methyl/N-ethyl adjacent to an activating group) is 2. The van der Waals surface area contributed by atoms with Crippen LogP contribution >= 0.6 is 0 Å². The van der Waals surface area contributed by atoms with Crippen molar-refractivity contribution in [3.8, 4) is 11.1 Å². The molecule has 468 valence electrons. The number of benzene rings is 2. The Kier molecular flexibility index (Phi) is 25.2. The van der Waals surface area contributed by atoms with Crippen LogP contribution in [0.5, 0.6) is 0 Å². The number of amides is 6. The number of pyridine rings is 1. The number of allylic oxidation sites excluding steroid dienone is 1. The van der Waals surface area contributed by atoms with E-state index in [0.29, 0.717) is 38.2 Å². The lowest BCUT2D eigenvalue weighted by atomic mass is 9.82. The molecule has 3 aliphatic heterocycles. The summed E-state index contributed by atoms with van der Waals surface area (Å²) in [6.45, 7) is 5.69. The molecule has 2 aliphatic carbocycles. The van der Waals surface area contributed by atoms with Gasteiger partial charge < -0.3 is 41.7 Å². The van der Waals surface area contributed by atoms with Crippen LogP contribution in [-0.2, 0) is 19.2 Å². The van der Waals surface area contributed by atoms with Crippen molar-refractivity contribution in [2.75, 3.05) is 40.3 Å². The van der Waals surface area contributed by atoms with E-state index in [0.717, 1.165) is 176 Å². The highest BCUT2D eigenvalue weighted by Gasteiger charge is 2.42. The number of aromatic nitrogens is 1. The summed E-state index contributed by atoms with van der Waals surface area (Å²) in [6.07, 6.45) is 31.1. The van der Waals surface area contributed by atoms with Gasteiger partial charge in [-0.15, -0.1) is 0 Å². The second-order valence-corrected chi connectivity index (χ2v) is 25.0. The van der Waals surface area contributed by atoms with Crippen LogP contribution in [0.15, 0.2) is 66.1 Å². The molecule has 0 spiro atoms. The van der Waals surface area contributed by atoms with Crippen LogP contribution in [0.1, 0.15) is 212 Å². The molecule has 7 atom stereocenters. The van der Waals surface area contributed by atoms with Gasteiger partial charge in [0, 0.05) is 68.5 Å². The van der Waals surface area contributed by atoms with Crippen molar-refractivity contribution in [1.82, 2.24) is 46.7 Å². The molecule has 3 aromatic rings. The number of halogens is 2. The maximum Gasteiger partial charge on any atom is 0.254 e. The highest BCUT2D eigenvalue weighted by Crippen LogP contribution is 2.38. The number of hydrogen-bond acceptors (Lipinski definition) is 10. The topological polar surface area (TPSA) is 206 Å². The fourth-order valence-corrected chi connectivity index (χ4v) is 13.6. The van der Waals surface area contributed by atoms with E-state index in [-0.39, 0.29) is 64.6 Å². The van der Waals surface area contributed by atoms with Gasteiger partial charge in [0.1, 0.15) is 23.7 Å². The molecule has 2 saturated carbocycles. The molecule has 0 radical (unpaired) electrons. The zero-order valence-electron chi connectivity index (χ0n) is 51.5. The minimum absolute atomic E-state index is 0.00120. The number of likely N-dealkylation sites (tertiary alicyclic amines) is 2. The van der Waals surface area contributed by atoms with E-state index >= 15 is 8.78 Å². The summed E-state index contributed by atoms with van der Waals surface area (Å²) in [5, 5.41) is 18.0. The highest BCUT2D eigenvalue weighted by molar-refractivity contribution is 5.97. The Morgan fingerprint density at radius 1 is 0.558 bits per heavy atom. The monoisotopic (exact) mass is 1190 g/mol. The molecule has 1 aromatic heterocycles. The number of carbonyl (C=O) groups excluding carboxylic acids is 6. The van der Waals surface area contributed by atoms with Gasteiger partial charge in [-0.3, -0.25) is 38.7 Å². The third-order valence-corrected chi connectivity index (χ3v) is 19.0. The van der Waals surface area contributed by atoms with E-state index in [9.17, 15) is 28.8 Å². The molecule has 1 unspecified atom stereocenters. The Morgan fingerprint density at radius 3 is 1.59 bits per heavy atom. The van der Waals surface area contributed by atoms with Gasteiger partial charge >= 0.3 is 0 Å². The lowest BCUT2D eigenvalue weighted by molar-refractivity contribution is -0.140. The molecular formula is C68H96F2N10O6. The predicted octanol–water partition coefficient (Wildman–Crippen LogP) is 10.5. The van der Waals surface area contributed by atoms with Gasteiger partial charge in [0.05, 0.1) is 29.3 Å². The maximum atomic E-state index is 15.2. The Labute approximate surface area is 509 Å². The van der Waals surface area contributed by atoms with Gasteiger partial charge in [-0.05, 0) is 163 Å². The van der Waals surface area contributed by atoms with Gasteiger partial charge in [0.15, 0.2) is 0 Å². The molecule has 16 nitrogen and oxygen atoms in total. The van der Waals surface area contributed by atoms with E-state index in [2.05, 4.69) is 41.9 Å². The van der Waals surface area contributed by atoms with E-state index in [4.69, 9.17) is 0 Å². The van der Waals surface area contributed by atoms with Gasteiger partial charge in [0.25, 0.3) is 11.8 Å². The lowest BCUT2D eigenvalue weighted by Gasteiger charge is -2.37. The van der Waals surface area contributed by atoms with Crippen LogP contribution in [0.3, 0.4) is 0 Å². The number of nitrogens with zero attached hydrogens (tertiary/aromatic N) is 4. The highest BCUT2D eigenvalue weighted by atomic mass is 19.1. The van der Waals surface area contributed by atoms with Gasteiger partial charge in [-0.2, -0.15) is 0 Å². The van der Waals surface area contributed by atoms with E-state index in [1.165, 1.54) is 12.1 Å². The number of hydrogen-bond donors (Lipinski definition) is 6. The molecule has 6 amide bonds. The predicted molar refractivity (Wildman–Crippen MR) is 334 cm³/mol. The number of aliphatic imine (C=N–C) groups is 1. The number of nitrogens with one attached hydrogen (secondary N) is 6. The smallest absolute Gasteiger partial charge is 0.254 e. The first-order valence-electron chi connectivity index (χ1n) is 32.7. The van der Waals surface area contributed by atoms with Crippen molar-refractivity contribution < 1.29 is 37.5 Å². The minimum Gasteiger partial charge on any atom is -0.352 e. The molecule has 2 saturated heterocycles. The zero-order chi connectivity index (χ0) is 61.0. The second-order valence-electron chi connectivity index (χ2n) is 25.0. The Hall–Kier alpha value is -6.40. The van der Waals surface area contributed by atoms with Crippen molar-refractivity contribution >= 4 is 47.2 Å². The van der Waals surface area contributed by atoms with Crippen LogP contribution in [-0.4, -0.2) is 127 Å². The summed E-state index contributed by atoms with van der Waals surface area (Å²) in [7, 11) is 3.47. The SMILES string of the molecule is CN[C@@H](C)C(=O)N[C@H](C(=O)N1CCC[C@H]1c1cncc(-c2ccc(F)c(C(=O)NCCCCCCCCCCCCNC(=O)c3cc(C4=CN=CC([C@@H]5CCCN5C(=O)[C@@H](NC(=O)[C@H](C)NC)C5CCCCC5)C4)ccc3F)c2)c1)C1CCCCC1. The first-order valence-corrected chi connectivity index (χ1v) is 32.7. The zero-order valence-corrected chi connectivity index (χ0v) is 51.5. The first-order chi connectivity index (χ1) is 41.8. The molecule has 4 fully saturated rings. The summed E-state index contributed by atoms with van der Waals surface area (Å²) in [5.41, 5.74) is 3.83. The molecular weight excluding hydrogens is 1090 g/mol. The Bertz CT molecular complexity index is 2840. The number of unbranched alkanes of at least 4 members (excludes halogenated alkanes) is 9. The lowest BCUT2D eigenvalue weighted by Crippen LogP contribution is -2.57. The third kappa shape index (κ3) is 17.7. The molecule has 4 heterocycles. The summed E-state index contributed by atoms with van der Waals surface area (Å²) >= 11 is 0. The quantitative estimate of drug-likeness (QED) is 0.0365. The summed E-state index contributed by atoms with van der Waals surface area (Å²) in [6, 6.07) is 8.87. The van der Waals surface area contributed by atoms with Gasteiger partial charge in [0.2, 0.25) is 23.6 Å². The third-order valence-electron chi connectivity index (χ3n) is 19.0. The minimum atomic E-state index is -0.598. The van der Waals surface area contributed by atoms with Crippen LogP contribution in [0, 0.1) is 29.4 Å². The normalized spacial score (nSPS) is 20.6. The Morgan fingerprint density at radius 2 is 1.05 bits per heavy atom. The van der Waals surface area contributed by atoms with Crippen molar-refractivity contribution in [2.24, 2.45) is 22.7 Å². The van der Waals surface area contributed by atoms with Crippen molar-refractivity contribution in [2.45, 2.75) is 211 Å². The Balaban J connectivity index is 0.705. The van der Waals surface area contributed by atoms with Crippen molar-refractivity contribution in [1.29, 1.82) is 0 Å².